The van der Waals surface area contributed by atoms with Crippen molar-refractivity contribution < 1.29 is 46.5 Å². The molecule has 1 unspecified atom stereocenters. The number of hydrogen-bond donors (Lipinski definition) is 0. The van der Waals surface area contributed by atoms with E-state index in [1.807, 2.05) is 30.3 Å². The summed E-state index contributed by atoms with van der Waals surface area (Å²) in [5.74, 6) is 0.0415. The van der Waals surface area contributed by atoms with Crippen LogP contribution in [0, 0.1) is 5.92 Å². The first-order valence-corrected chi connectivity index (χ1v) is 36.4. The number of carbonyl (C=O) groups is 1. The summed E-state index contributed by atoms with van der Waals surface area (Å²) in [5.41, 5.74) is 1.38. The highest BCUT2D eigenvalue weighted by molar-refractivity contribution is 14.1. The Labute approximate surface area is 436 Å². The molecule has 0 aliphatic carbocycles. The van der Waals surface area contributed by atoms with Crippen molar-refractivity contribution in [3.05, 3.63) is 60.2 Å². The van der Waals surface area contributed by atoms with Crippen LogP contribution in [0.15, 0.2) is 54.6 Å². The molecular formula is C55H95IO10Si3. The minimum atomic E-state index is -2.49. The quantitative estimate of drug-likeness (QED) is 0.0413. The second kappa shape index (κ2) is 23.4. The van der Waals surface area contributed by atoms with E-state index in [2.05, 4.69) is 157 Å². The third-order valence-corrected chi connectivity index (χ3v) is 31.8. The summed E-state index contributed by atoms with van der Waals surface area (Å²) in [6.07, 6.45) is 7.73. The number of rotatable bonds is 20. The Morgan fingerprint density at radius 1 is 0.812 bits per heavy atom. The number of allylic oxidation sites excluding steroid dienone is 1. The molecular weight excluding hydrogens is 1030 g/mol. The molecule has 0 saturated carbocycles. The summed E-state index contributed by atoms with van der Waals surface area (Å²) in [5, 5.41) is -0.285. The van der Waals surface area contributed by atoms with Crippen LogP contribution in [0.3, 0.4) is 0 Å². The number of hydrogen-bond acceptors (Lipinski definition) is 10. The Balaban J connectivity index is 1.57. The van der Waals surface area contributed by atoms with E-state index in [4.69, 9.17) is 41.7 Å². The zero-order valence-electron chi connectivity index (χ0n) is 46.2. The summed E-state index contributed by atoms with van der Waals surface area (Å²) in [4.78, 5) is 14.0. The number of methoxy groups -OCH3 is 1. The lowest BCUT2D eigenvalue weighted by molar-refractivity contribution is -0.269. The van der Waals surface area contributed by atoms with Crippen LogP contribution in [0.4, 0.5) is 0 Å². The average molecular weight is 1130 g/mol. The van der Waals surface area contributed by atoms with Crippen molar-refractivity contribution in [2.45, 2.75) is 255 Å². The highest BCUT2D eigenvalue weighted by atomic mass is 127. The van der Waals surface area contributed by atoms with Crippen molar-refractivity contribution in [2.24, 2.45) is 5.92 Å². The molecule has 4 heterocycles. The molecule has 0 N–H and O–H groups in total. The minimum Gasteiger partial charge on any atom is -0.455 e. The second-order valence-corrected chi connectivity index (χ2v) is 40.7. The van der Waals surface area contributed by atoms with Gasteiger partial charge in [0.15, 0.2) is 25.0 Å². The van der Waals surface area contributed by atoms with Crippen LogP contribution in [0.5, 0.6) is 0 Å². The van der Waals surface area contributed by atoms with Gasteiger partial charge in [-0.3, -0.25) is 0 Å². The number of alkyl halides is 1. The molecule has 5 rings (SSSR count). The van der Waals surface area contributed by atoms with Crippen molar-refractivity contribution >= 4 is 53.5 Å². The normalized spacial score (nSPS) is 30.9. The van der Waals surface area contributed by atoms with E-state index >= 15 is 0 Å². The lowest BCUT2D eigenvalue weighted by Gasteiger charge is -2.56. The maximum atomic E-state index is 14.0. The molecule has 0 spiro atoms. The van der Waals surface area contributed by atoms with E-state index in [9.17, 15) is 4.79 Å². The van der Waals surface area contributed by atoms with Crippen molar-refractivity contribution in [1.82, 2.24) is 0 Å². The van der Waals surface area contributed by atoms with Gasteiger partial charge in [0, 0.05) is 18.0 Å². The highest BCUT2D eigenvalue weighted by Gasteiger charge is 2.58. The van der Waals surface area contributed by atoms with Crippen molar-refractivity contribution in [2.75, 3.05) is 18.1 Å². The summed E-state index contributed by atoms with van der Waals surface area (Å²) >= 11 is 2.49. The number of benzene rings is 1. The first kappa shape index (κ1) is 59.1. The highest BCUT2D eigenvalue weighted by Crippen LogP contribution is 2.48. The monoisotopic (exact) mass is 1130 g/mol. The van der Waals surface area contributed by atoms with Crippen LogP contribution >= 0.6 is 22.6 Å². The molecule has 1 aromatic carbocycles. The Morgan fingerprint density at radius 2 is 1.41 bits per heavy atom. The summed E-state index contributed by atoms with van der Waals surface area (Å²) in [7, 11) is -5.67. The van der Waals surface area contributed by atoms with E-state index in [0.717, 1.165) is 43.0 Å². The Kier molecular flexibility index (Phi) is 20.1. The lowest BCUT2D eigenvalue weighted by Crippen LogP contribution is -2.69. The number of fused-ring (bicyclic) bond motifs is 2. The molecule has 394 valence electrons. The van der Waals surface area contributed by atoms with Gasteiger partial charge < -0.3 is 41.7 Å². The molecule has 13 atom stereocenters. The predicted octanol–water partition coefficient (Wildman–Crippen LogP) is 13.8. The van der Waals surface area contributed by atoms with Gasteiger partial charge in [0.05, 0.1) is 48.8 Å². The average Bonchev–Trinajstić information content (AvgIpc) is 3.62. The van der Waals surface area contributed by atoms with Crippen LogP contribution in [-0.4, -0.2) is 122 Å². The van der Waals surface area contributed by atoms with Crippen LogP contribution in [0.1, 0.15) is 138 Å². The predicted molar refractivity (Wildman–Crippen MR) is 296 cm³/mol. The first-order valence-electron chi connectivity index (χ1n) is 26.2. The van der Waals surface area contributed by atoms with Gasteiger partial charge in [0.2, 0.25) is 0 Å². The fourth-order valence-corrected chi connectivity index (χ4v) is 14.2. The van der Waals surface area contributed by atoms with Crippen molar-refractivity contribution in [1.29, 1.82) is 0 Å². The molecule has 4 aliphatic rings. The molecule has 0 aromatic heterocycles. The number of carbonyl (C=O) groups excluding carboxylic acids is 1. The molecule has 4 aliphatic heterocycles. The lowest BCUT2D eigenvalue weighted by atomic mass is 9.85. The Morgan fingerprint density at radius 3 is 1.97 bits per heavy atom. The van der Waals surface area contributed by atoms with Crippen molar-refractivity contribution in [3.8, 4) is 0 Å². The SMILES string of the molecule is C=C(C)[C@H](C)C[C@H]1CC[C@@H]2O[C@@H](CCC(/C=C/[C@H](O[Si](C)(C)C(C)(C)C)[C@@H]3O[C@H]4CC[C@H](COC)O[C@@H]4[C@H](O[Si](C)(C)C(C)(C)C)[C@@H]3O[Si](C)(C)C(C)(C)C)OC(=O)c3ccccc3)C[C@]2(CI)O1. The van der Waals surface area contributed by atoms with Crippen LogP contribution < -0.4 is 0 Å². The van der Waals surface area contributed by atoms with Crippen molar-refractivity contribution in [3.63, 3.8) is 0 Å². The molecule has 4 saturated heterocycles. The van der Waals surface area contributed by atoms with Gasteiger partial charge in [-0.15, -0.1) is 0 Å². The van der Waals surface area contributed by atoms with Gasteiger partial charge >= 0.3 is 5.97 Å². The molecule has 69 heavy (non-hydrogen) atoms. The molecule has 0 amide bonds. The Hall–Kier alpha value is -0.769. The standard InChI is InChI=1S/C55H95IO10Si3/c1-37(2)38(3)33-41-29-32-46-55(36-56,63-41)34-42(59-46)26-25-40(61-51(57)39-23-21-20-22-24-39)27-31-45(64-67(14,15)52(4,5)6)48-50(66-69(18,19)54(10,11)12)49(65-68(16,17)53(7,8)9)47-44(62-48)30-28-43(60-47)35-58-13/h20-24,27,31,38,40-50H,1,25-26,28-30,32-36H2,2-19H3/b31-27+/t38-,40?,41-,42+,43-,44+,45+,46+,47+,48+,49+,50-,55-/m1/s1. The zero-order valence-corrected chi connectivity index (χ0v) is 51.4. The smallest absolute Gasteiger partial charge is 0.338 e. The van der Waals surface area contributed by atoms with E-state index in [0.29, 0.717) is 30.9 Å². The first-order chi connectivity index (χ1) is 31.8. The minimum absolute atomic E-state index is 0.0323. The number of esters is 1. The van der Waals surface area contributed by atoms with Gasteiger partial charge in [-0.2, -0.15) is 0 Å². The summed E-state index contributed by atoms with van der Waals surface area (Å²) in [6.45, 7) is 43.5. The third-order valence-electron chi connectivity index (χ3n) is 17.1. The van der Waals surface area contributed by atoms with Gasteiger partial charge in [0.25, 0.3) is 0 Å². The summed E-state index contributed by atoms with van der Waals surface area (Å²) in [6, 6.07) is 9.28. The molecule has 4 fully saturated rings. The molecule has 1 aromatic rings. The van der Waals surface area contributed by atoms with Gasteiger partial charge in [-0.1, -0.05) is 128 Å². The summed E-state index contributed by atoms with van der Waals surface area (Å²) < 4.78 is 64.3. The topological polar surface area (TPSA) is 100 Å². The molecule has 10 nitrogen and oxygen atoms in total. The largest absolute Gasteiger partial charge is 0.455 e. The van der Waals surface area contributed by atoms with E-state index in [1.54, 1.807) is 7.11 Å². The number of ether oxygens (including phenoxy) is 6. The fourth-order valence-electron chi connectivity index (χ4n) is 9.35. The molecule has 0 radical (unpaired) electrons. The van der Waals surface area contributed by atoms with Gasteiger partial charge in [-0.05, 0) is 130 Å². The van der Waals surface area contributed by atoms with E-state index < -0.39 is 55.5 Å². The number of halogens is 1. The third kappa shape index (κ3) is 14.8. The molecule has 0 bridgehead atoms. The van der Waals surface area contributed by atoms with Gasteiger partial charge in [0.1, 0.15) is 36.1 Å². The van der Waals surface area contributed by atoms with E-state index in [-0.39, 0.29) is 63.3 Å². The van der Waals surface area contributed by atoms with Crippen LogP contribution in [0.2, 0.25) is 54.4 Å². The fraction of sp³-hybridized carbons (Fsp3) is 0.800. The second-order valence-electron chi connectivity index (χ2n) is 25.6. The maximum Gasteiger partial charge on any atom is 0.338 e. The zero-order chi connectivity index (χ0) is 51.5. The van der Waals surface area contributed by atoms with Gasteiger partial charge in [-0.25, -0.2) is 4.79 Å². The van der Waals surface area contributed by atoms with Crippen LogP contribution in [0.25, 0.3) is 0 Å². The van der Waals surface area contributed by atoms with Crippen LogP contribution in [-0.2, 0) is 41.7 Å². The maximum absolute atomic E-state index is 14.0. The van der Waals surface area contributed by atoms with E-state index in [1.165, 1.54) is 5.57 Å². The Bertz CT molecular complexity index is 1860. The molecule has 14 heteroatoms.